The van der Waals surface area contributed by atoms with Crippen molar-refractivity contribution in [2.75, 3.05) is 0 Å². The summed E-state index contributed by atoms with van der Waals surface area (Å²) in [6.45, 7) is 4.32. The summed E-state index contributed by atoms with van der Waals surface area (Å²) in [7, 11) is 1.90. The molecule has 148 valence electrons. The molecule has 29 heavy (non-hydrogen) atoms. The van der Waals surface area contributed by atoms with Crippen LogP contribution in [0.4, 0.5) is 0 Å². The Morgan fingerprint density at radius 2 is 1.90 bits per heavy atom. The Balaban J connectivity index is 1.50. The number of ether oxygens (including phenoxy) is 1. The lowest BCUT2D eigenvalue weighted by atomic mass is 10.2. The fourth-order valence-corrected chi connectivity index (χ4v) is 3.84. The lowest BCUT2D eigenvalue weighted by Crippen LogP contribution is -2.13. The van der Waals surface area contributed by atoms with Crippen molar-refractivity contribution >= 4 is 22.7 Å². The van der Waals surface area contributed by atoms with Crippen LogP contribution in [0.25, 0.3) is 10.9 Å². The molecule has 7 nitrogen and oxygen atoms in total. The van der Waals surface area contributed by atoms with E-state index in [1.165, 1.54) is 11.8 Å². The van der Waals surface area contributed by atoms with Crippen LogP contribution in [0.15, 0.2) is 58.5 Å². The minimum Gasteiger partial charge on any atom is -0.485 e. The van der Waals surface area contributed by atoms with Gasteiger partial charge in [0.2, 0.25) is 0 Å². The maximum Gasteiger partial charge on any atom is 0.258 e. The van der Waals surface area contributed by atoms with Crippen LogP contribution < -0.4 is 10.3 Å². The Labute approximate surface area is 172 Å². The molecule has 2 aromatic heterocycles. The molecule has 0 amide bonds. The Bertz CT molecular complexity index is 1220. The molecule has 2 heterocycles. The highest BCUT2D eigenvalue weighted by molar-refractivity contribution is 7.99. The highest BCUT2D eigenvalue weighted by atomic mass is 32.2. The Kier molecular flexibility index (Phi) is 5.35. The molecule has 0 bridgehead atoms. The van der Waals surface area contributed by atoms with Gasteiger partial charge in [0.15, 0.2) is 11.0 Å². The number of benzene rings is 2. The summed E-state index contributed by atoms with van der Waals surface area (Å²) in [5, 5.41) is 9.75. The zero-order valence-corrected chi connectivity index (χ0v) is 17.2. The summed E-state index contributed by atoms with van der Waals surface area (Å²) in [5.74, 6) is 2.17. The van der Waals surface area contributed by atoms with E-state index in [9.17, 15) is 4.79 Å². The summed E-state index contributed by atoms with van der Waals surface area (Å²) in [4.78, 5) is 19.8. The molecule has 1 unspecified atom stereocenters. The van der Waals surface area contributed by atoms with E-state index in [4.69, 9.17) is 4.74 Å². The van der Waals surface area contributed by atoms with Crippen LogP contribution in [0.2, 0.25) is 0 Å². The third-order valence-corrected chi connectivity index (χ3v) is 5.82. The van der Waals surface area contributed by atoms with Crippen LogP contribution in [-0.2, 0) is 13.7 Å². The van der Waals surface area contributed by atoms with Crippen molar-refractivity contribution in [1.29, 1.82) is 0 Å². The topological polar surface area (TPSA) is 85.7 Å². The highest BCUT2D eigenvalue weighted by Gasteiger charge is 2.17. The molecule has 0 saturated carbocycles. The third kappa shape index (κ3) is 4.02. The summed E-state index contributed by atoms with van der Waals surface area (Å²) in [6, 6.07) is 15.2. The minimum absolute atomic E-state index is 0.0969. The molecular weight excluding hydrogens is 386 g/mol. The quantitative estimate of drug-likeness (QED) is 0.490. The Morgan fingerprint density at radius 1 is 1.14 bits per heavy atom. The van der Waals surface area contributed by atoms with Gasteiger partial charge in [-0.2, -0.15) is 0 Å². The van der Waals surface area contributed by atoms with E-state index in [0.29, 0.717) is 23.3 Å². The second-order valence-electron chi connectivity index (χ2n) is 6.74. The van der Waals surface area contributed by atoms with Gasteiger partial charge in [0, 0.05) is 7.05 Å². The molecular formula is C21H21N5O2S. The smallest absolute Gasteiger partial charge is 0.258 e. The number of hydrogen-bond donors (Lipinski definition) is 1. The zero-order chi connectivity index (χ0) is 20.4. The number of fused-ring (bicyclic) bond motifs is 1. The van der Waals surface area contributed by atoms with Gasteiger partial charge in [-0.15, -0.1) is 10.2 Å². The number of aryl methyl sites for hydroxylation is 1. The summed E-state index contributed by atoms with van der Waals surface area (Å²) >= 11 is 1.49. The van der Waals surface area contributed by atoms with Gasteiger partial charge >= 0.3 is 0 Å². The van der Waals surface area contributed by atoms with Gasteiger partial charge in [0.25, 0.3) is 5.56 Å². The molecule has 2 aromatic carbocycles. The summed E-state index contributed by atoms with van der Waals surface area (Å²) in [6.07, 6.45) is 0. The lowest BCUT2D eigenvalue weighted by molar-refractivity contribution is 0.288. The maximum absolute atomic E-state index is 12.3. The van der Waals surface area contributed by atoms with Crippen LogP contribution in [0.1, 0.15) is 29.4 Å². The number of nitrogens with one attached hydrogen (secondary N) is 1. The van der Waals surface area contributed by atoms with Gasteiger partial charge in [-0.05, 0) is 37.6 Å². The van der Waals surface area contributed by atoms with Gasteiger partial charge in [-0.25, -0.2) is 4.98 Å². The van der Waals surface area contributed by atoms with Gasteiger partial charge < -0.3 is 14.3 Å². The average molecular weight is 407 g/mol. The number of para-hydroxylation sites is 2. The van der Waals surface area contributed by atoms with Gasteiger partial charge in [-0.1, -0.05) is 42.1 Å². The predicted octanol–water partition coefficient (Wildman–Crippen LogP) is 3.79. The number of rotatable bonds is 6. The molecule has 8 heteroatoms. The molecule has 0 aliphatic heterocycles. The third-order valence-electron chi connectivity index (χ3n) is 4.67. The molecule has 0 aliphatic rings. The fourth-order valence-electron chi connectivity index (χ4n) is 2.95. The number of aromatic amines is 1. The highest BCUT2D eigenvalue weighted by Crippen LogP contribution is 2.32. The second kappa shape index (κ2) is 8.08. The lowest BCUT2D eigenvalue weighted by Gasteiger charge is -2.11. The number of nitrogens with zero attached hydrogens (tertiary/aromatic N) is 4. The van der Waals surface area contributed by atoms with E-state index in [2.05, 4.69) is 20.2 Å². The van der Waals surface area contributed by atoms with Crippen molar-refractivity contribution < 1.29 is 4.74 Å². The SMILES string of the molecule is Cc1ccccc1OCc1nnc(SC(C)c2nc3ccccc3c(=O)[nH]2)n1C. The molecule has 4 aromatic rings. The zero-order valence-electron chi connectivity index (χ0n) is 16.4. The van der Waals surface area contributed by atoms with Crippen LogP contribution in [0.5, 0.6) is 5.75 Å². The van der Waals surface area contributed by atoms with Crippen molar-refractivity contribution in [3.05, 3.63) is 76.1 Å². The van der Waals surface area contributed by atoms with E-state index in [-0.39, 0.29) is 10.8 Å². The predicted molar refractivity (Wildman–Crippen MR) is 113 cm³/mol. The molecule has 0 saturated heterocycles. The monoisotopic (exact) mass is 407 g/mol. The summed E-state index contributed by atoms with van der Waals surface area (Å²) < 4.78 is 7.78. The first-order chi connectivity index (χ1) is 14.0. The average Bonchev–Trinajstić information content (AvgIpc) is 3.07. The second-order valence-corrected chi connectivity index (χ2v) is 8.05. The maximum atomic E-state index is 12.3. The van der Waals surface area contributed by atoms with Crippen LogP contribution in [-0.4, -0.2) is 24.7 Å². The minimum atomic E-state index is -0.136. The van der Waals surface area contributed by atoms with Crippen LogP contribution >= 0.6 is 11.8 Å². The molecule has 0 aliphatic carbocycles. The normalized spacial score (nSPS) is 12.2. The van der Waals surface area contributed by atoms with E-state index in [1.807, 2.05) is 67.9 Å². The molecule has 1 N–H and O–H groups in total. The Hall–Kier alpha value is -3.13. The first-order valence-electron chi connectivity index (χ1n) is 9.25. The Morgan fingerprint density at radius 3 is 2.72 bits per heavy atom. The number of aromatic nitrogens is 5. The number of H-pyrrole nitrogens is 1. The van der Waals surface area contributed by atoms with Gasteiger partial charge in [0.05, 0.1) is 16.2 Å². The van der Waals surface area contributed by atoms with E-state index in [0.717, 1.165) is 22.3 Å². The molecule has 0 spiro atoms. The van der Waals surface area contributed by atoms with Crippen molar-refractivity contribution in [3.63, 3.8) is 0 Å². The standard InChI is InChI=1S/C21H21N5O2S/c1-13-8-4-7-11-17(13)28-12-18-24-25-21(26(18)3)29-14(2)19-22-16-10-6-5-9-15(16)20(27)23-19/h4-11,14H,12H2,1-3H3,(H,22,23,27). The van der Waals surface area contributed by atoms with E-state index < -0.39 is 0 Å². The van der Waals surface area contributed by atoms with Crippen LogP contribution in [0.3, 0.4) is 0 Å². The van der Waals surface area contributed by atoms with Crippen molar-refractivity contribution in [3.8, 4) is 5.75 Å². The molecule has 4 rings (SSSR count). The van der Waals surface area contributed by atoms with Gasteiger partial charge in [-0.3, -0.25) is 4.79 Å². The van der Waals surface area contributed by atoms with E-state index in [1.54, 1.807) is 6.07 Å². The van der Waals surface area contributed by atoms with Crippen molar-refractivity contribution in [2.45, 2.75) is 30.9 Å². The van der Waals surface area contributed by atoms with Crippen molar-refractivity contribution in [1.82, 2.24) is 24.7 Å². The molecule has 1 atom stereocenters. The van der Waals surface area contributed by atoms with Crippen LogP contribution in [0, 0.1) is 6.92 Å². The number of thioether (sulfide) groups is 1. The van der Waals surface area contributed by atoms with Crippen molar-refractivity contribution in [2.24, 2.45) is 7.05 Å². The fraction of sp³-hybridized carbons (Fsp3) is 0.238. The number of hydrogen-bond acceptors (Lipinski definition) is 6. The first-order valence-corrected chi connectivity index (χ1v) is 10.1. The molecule has 0 radical (unpaired) electrons. The van der Waals surface area contributed by atoms with Gasteiger partial charge in [0.1, 0.15) is 18.2 Å². The molecule has 0 fully saturated rings. The summed E-state index contributed by atoms with van der Waals surface area (Å²) in [5.41, 5.74) is 1.62. The van der Waals surface area contributed by atoms with E-state index >= 15 is 0 Å². The largest absolute Gasteiger partial charge is 0.485 e. The first kappa shape index (κ1) is 19.2.